The van der Waals surface area contributed by atoms with Crippen LogP contribution in [0.15, 0.2) is 60.7 Å². The van der Waals surface area contributed by atoms with Crippen LogP contribution in [-0.4, -0.2) is 35.5 Å². The Bertz CT molecular complexity index is 714. The van der Waals surface area contributed by atoms with Crippen LogP contribution in [0.3, 0.4) is 0 Å². The van der Waals surface area contributed by atoms with Crippen LogP contribution in [0.2, 0.25) is 0 Å². The molecular weight excluding hydrogens is 290 g/mol. The predicted octanol–water partition coefficient (Wildman–Crippen LogP) is 2.69. The van der Waals surface area contributed by atoms with Crippen LogP contribution >= 0.6 is 0 Å². The number of nitrogens with zero attached hydrogens (tertiary/aromatic N) is 1. The second-order valence-electron chi connectivity index (χ2n) is 5.80. The van der Waals surface area contributed by atoms with Gasteiger partial charge in [0.25, 0.3) is 5.91 Å². The van der Waals surface area contributed by atoms with Crippen molar-refractivity contribution in [3.05, 3.63) is 71.8 Å². The van der Waals surface area contributed by atoms with Crippen molar-refractivity contribution < 1.29 is 14.3 Å². The van der Waals surface area contributed by atoms with E-state index >= 15 is 0 Å². The molecule has 1 fully saturated rings. The summed E-state index contributed by atoms with van der Waals surface area (Å²) in [5.41, 5.74) is 0.676. The van der Waals surface area contributed by atoms with Crippen molar-refractivity contribution in [1.29, 1.82) is 0 Å². The zero-order valence-corrected chi connectivity index (χ0v) is 13.2. The van der Waals surface area contributed by atoms with E-state index in [0.29, 0.717) is 12.0 Å². The highest BCUT2D eigenvalue weighted by Crippen LogP contribution is 2.45. The fourth-order valence-electron chi connectivity index (χ4n) is 3.21. The molecule has 1 saturated heterocycles. The lowest BCUT2D eigenvalue weighted by molar-refractivity contribution is -0.144. The topological polar surface area (TPSA) is 46.4 Å². The SMILES string of the molecule is COC(=O)[C@@]1(Cc2ccccc2)[C@H](C)N1C(=O)c1ccccc1. The molecule has 23 heavy (non-hydrogen) atoms. The predicted molar refractivity (Wildman–Crippen MR) is 87.0 cm³/mol. The molecule has 0 spiro atoms. The van der Waals surface area contributed by atoms with Crippen LogP contribution in [0.5, 0.6) is 0 Å². The molecule has 1 amide bonds. The second kappa shape index (κ2) is 5.88. The van der Waals surface area contributed by atoms with Crippen molar-refractivity contribution >= 4 is 11.9 Å². The van der Waals surface area contributed by atoms with Gasteiger partial charge in [0.05, 0.1) is 13.2 Å². The lowest BCUT2D eigenvalue weighted by atomic mass is 9.96. The summed E-state index contributed by atoms with van der Waals surface area (Å²) in [5.74, 6) is -0.502. The summed E-state index contributed by atoms with van der Waals surface area (Å²) in [6, 6.07) is 18.5. The lowest BCUT2D eigenvalue weighted by Crippen LogP contribution is -2.36. The molecule has 4 heteroatoms. The number of benzene rings is 2. The number of rotatable bonds is 4. The fraction of sp³-hybridized carbons (Fsp3) is 0.263. The van der Waals surface area contributed by atoms with Gasteiger partial charge in [-0.25, -0.2) is 4.79 Å². The third-order valence-electron chi connectivity index (χ3n) is 4.54. The standard InChI is InChI=1S/C19H19NO3/c1-14-19(18(22)23-2,13-15-9-5-3-6-10-15)20(14)17(21)16-11-7-4-8-12-16/h3-12,14H,13H2,1-2H3/t14-,19+,20?/m0/s1. The minimum Gasteiger partial charge on any atom is -0.467 e. The maximum absolute atomic E-state index is 12.8. The number of amides is 1. The van der Waals surface area contributed by atoms with E-state index in [-0.39, 0.29) is 17.9 Å². The molecule has 0 N–H and O–H groups in total. The summed E-state index contributed by atoms with van der Waals surface area (Å²) < 4.78 is 5.00. The quantitative estimate of drug-likeness (QED) is 0.644. The van der Waals surface area contributed by atoms with Gasteiger partial charge in [0.2, 0.25) is 0 Å². The molecule has 1 heterocycles. The number of hydrogen-bond acceptors (Lipinski definition) is 3. The summed E-state index contributed by atoms with van der Waals surface area (Å²) in [4.78, 5) is 26.8. The van der Waals surface area contributed by atoms with Crippen molar-refractivity contribution in [1.82, 2.24) is 4.90 Å². The summed E-state index contributed by atoms with van der Waals surface area (Å²) in [7, 11) is 1.37. The maximum atomic E-state index is 12.8. The molecule has 1 aliphatic heterocycles. The number of methoxy groups -OCH3 is 1. The van der Waals surface area contributed by atoms with Gasteiger partial charge in [-0.3, -0.25) is 4.79 Å². The Labute approximate surface area is 135 Å². The Hall–Kier alpha value is -2.62. The second-order valence-corrected chi connectivity index (χ2v) is 5.80. The zero-order chi connectivity index (χ0) is 16.4. The molecule has 0 aliphatic carbocycles. The van der Waals surface area contributed by atoms with Crippen molar-refractivity contribution in [2.45, 2.75) is 24.9 Å². The first-order valence-electron chi connectivity index (χ1n) is 7.62. The van der Waals surface area contributed by atoms with Gasteiger partial charge in [0.15, 0.2) is 5.54 Å². The smallest absolute Gasteiger partial charge is 0.334 e. The largest absolute Gasteiger partial charge is 0.467 e. The first kappa shape index (κ1) is 15.3. The highest BCUT2D eigenvalue weighted by molar-refractivity contribution is 6.03. The summed E-state index contributed by atoms with van der Waals surface area (Å²) in [6.07, 6.45) is 0.459. The van der Waals surface area contributed by atoms with Crippen molar-refractivity contribution in [3.63, 3.8) is 0 Å². The van der Waals surface area contributed by atoms with E-state index in [1.807, 2.05) is 55.5 Å². The summed E-state index contributed by atoms with van der Waals surface area (Å²) in [6.45, 7) is 1.89. The monoisotopic (exact) mass is 309 g/mol. The first-order valence-corrected chi connectivity index (χ1v) is 7.62. The summed E-state index contributed by atoms with van der Waals surface area (Å²) >= 11 is 0. The molecule has 118 valence electrons. The Balaban J connectivity index is 1.92. The maximum Gasteiger partial charge on any atom is 0.334 e. The van der Waals surface area contributed by atoms with E-state index in [4.69, 9.17) is 4.74 Å². The molecule has 0 aromatic heterocycles. The minimum absolute atomic E-state index is 0.139. The highest BCUT2D eigenvalue weighted by Gasteiger charge is 2.68. The first-order chi connectivity index (χ1) is 11.1. The van der Waals surface area contributed by atoms with E-state index in [9.17, 15) is 9.59 Å². The number of esters is 1. The van der Waals surface area contributed by atoms with Crippen LogP contribution in [0.1, 0.15) is 22.8 Å². The van der Waals surface area contributed by atoms with Crippen molar-refractivity contribution in [2.75, 3.05) is 7.11 Å². The van der Waals surface area contributed by atoms with E-state index in [1.54, 1.807) is 17.0 Å². The van der Waals surface area contributed by atoms with E-state index in [0.717, 1.165) is 5.56 Å². The Morgan fingerprint density at radius 1 is 1.04 bits per heavy atom. The van der Waals surface area contributed by atoms with Crippen LogP contribution in [0.25, 0.3) is 0 Å². The Kier molecular flexibility index (Phi) is 3.90. The van der Waals surface area contributed by atoms with Crippen LogP contribution in [-0.2, 0) is 16.0 Å². The Morgan fingerprint density at radius 3 is 2.17 bits per heavy atom. The third-order valence-corrected chi connectivity index (χ3v) is 4.54. The fourth-order valence-corrected chi connectivity index (χ4v) is 3.21. The molecule has 0 unspecified atom stereocenters. The van der Waals surface area contributed by atoms with Crippen LogP contribution in [0, 0.1) is 0 Å². The molecule has 0 bridgehead atoms. The van der Waals surface area contributed by atoms with E-state index < -0.39 is 5.54 Å². The molecule has 1 aliphatic rings. The van der Waals surface area contributed by atoms with Gasteiger partial charge in [0, 0.05) is 12.0 Å². The molecule has 0 saturated carbocycles. The van der Waals surface area contributed by atoms with E-state index in [1.165, 1.54) is 7.11 Å². The van der Waals surface area contributed by atoms with Gasteiger partial charge in [-0.1, -0.05) is 48.5 Å². The lowest BCUT2D eigenvalue weighted by Gasteiger charge is -2.15. The minimum atomic E-state index is -0.914. The molecule has 3 rings (SSSR count). The average Bonchev–Trinajstić information content (AvgIpc) is 3.19. The molecule has 2 aromatic rings. The number of carbonyl (C=O) groups excluding carboxylic acids is 2. The van der Waals surface area contributed by atoms with E-state index in [2.05, 4.69) is 0 Å². The van der Waals surface area contributed by atoms with Gasteiger partial charge in [-0.15, -0.1) is 0 Å². The number of carbonyl (C=O) groups is 2. The normalized spacial score (nSPS) is 22.5. The van der Waals surface area contributed by atoms with Gasteiger partial charge in [-0.2, -0.15) is 0 Å². The highest BCUT2D eigenvalue weighted by atomic mass is 16.5. The van der Waals surface area contributed by atoms with Crippen molar-refractivity contribution in [2.24, 2.45) is 0 Å². The number of ether oxygens (including phenoxy) is 1. The average molecular weight is 309 g/mol. The van der Waals surface area contributed by atoms with Gasteiger partial charge < -0.3 is 9.64 Å². The molecule has 0 radical (unpaired) electrons. The molecule has 4 nitrogen and oxygen atoms in total. The molecule has 2 atom stereocenters. The number of hydrogen-bond donors (Lipinski definition) is 0. The van der Waals surface area contributed by atoms with Crippen LogP contribution < -0.4 is 0 Å². The van der Waals surface area contributed by atoms with Gasteiger partial charge in [-0.05, 0) is 24.6 Å². The summed E-state index contributed by atoms with van der Waals surface area (Å²) in [5, 5.41) is 0. The Morgan fingerprint density at radius 2 is 1.61 bits per heavy atom. The molecular formula is C19H19NO3. The van der Waals surface area contributed by atoms with Gasteiger partial charge >= 0.3 is 5.97 Å². The molecule has 2 aromatic carbocycles. The van der Waals surface area contributed by atoms with Gasteiger partial charge in [0.1, 0.15) is 0 Å². The van der Waals surface area contributed by atoms with Crippen molar-refractivity contribution in [3.8, 4) is 0 Å². The zero-order valence-electron chi connectivity index (χ0n) is 13.2. The van der Waals surface area contributed by atoms with Crippen LogP contribution in [0.4, 0.5) is 0 Å². The third kappa shape index (κ3) is 2.50.